The Hall–Kier alpha value is -5.90. The summed E-state index contributed by atoms with van der Waals surface area (Å²) in [7, 11) is 0. The molecule has 1 saturated heterocycles. The number of allylic oxidation sites excluding steroid dienone is 2. The minimum atomic E-state index is -4.05. The number of piperazine rings is 1. The van der Waals surface area contributed by atoms with Crippen molar-refractivity contribution >= 4 is 63.7 Å². The fourth-order valence-corrected chi connectivity index (χ4v) is 9.48. The molecule has 1 atom stereocenters. The minimum Gasteiger partial charge on any atom is -0.494 e. The third kappa shape index (κ3) is 7.85. The first-order chi connectivity index (χ1) is 28.3. The molecule has 16 heteroatoms. The van der Waals surface area contributed by atoms with Crippen LogP contribution in [0.3, 0.4) is 0 Å². The van der Waals surface area contributed by atoms with Crippen molar-refractivity contribution in [1.82, 2.24) is 29.5 Å². The van der Waals surface area contributed by atoms with Gasteiger partial charge in [-0.05, 0) is 94.3 Å². The van der Waals surface area contributed by atoms with Crippen molar-refractivity contribution in [2.75, 3.05) is 37.7 Å². The van der Waals surface area contributed by atoms with Crippen LogP contribution in [0.15, 0.2) is 78.1 Å². The number of amides is 2. The SMILES string of the molecule is CC(=O)c1ccc(N2CCN(C(=O)c3cc4c(C)nn(Cc5cccc(OCCCNC(=O)CCc6ccc7n6[B-](F)(F)[N+]6=C(C)C=C(C)C6=C7)c5)c4s3)C[C@H]2C)nc1. The first-order valence-electron chi connectivity index (χ1n) is 20.0. The van der Waals surface area contributed by atoms with Crippen molar-refractivity contribution in [2.45, 2.75) is 66.5 Å². The maximum absolute atomic E-state index is 15.7. The molecule has 5 aromatic rings. The van der Waals surface area contributed by atoms with Crippen molar-refractivity contribution < 1.29 is 32.2 Å². The Balaban J connectivity index is 0.810. The molecule has 2 amide bonds. The lowest BCUT2D eigenvalue weighted by molar-refractivity contribution is -0.362. The Bertz CT molecular complexity index is 2570. The molecule has 0 unspecified atom stereocenters. The number of nitrogens with zero attached hydrogens (tertiary/aromatic N) is 7. The van der Waals surface area contributed by atoms with Gasteiger partial charge in [-0.1, -0.05) is 12.1 Å². The number of thiophene rings is 1. The maximum Gasteiger partial charge on any atom is 0.737 e. The number of benzene rings is 1. The zero-order chi connectivity index (χ0) is 41.6. The predicted molar refractivity (Wildman–Crippen MR) is 227 cm³/mol. The second-order valence-electron chi connectivity index (χ2n) is 15.6. The number of carbonyl (C=O) groups is 3. The molecule has 7 heterocycles. The van der Waals surface area contributed by atoms with Gasteiger partial charge in [-0.25, -0.2) is 4.98 Å². The number of ether oxygens (including phenoxy) is 1. The molecule has 12 nitrogen and oxygen atoms in total. The van der Waals surface area contributed by atoms with Crippen LogP contribution in [0.1, 0.15) is 83.2 Å². The largest absolute Gasteiger partial charge is 0.737 e. The van der Waals surface area contributed by atoms with E-state index in [1.54, 1.807) is 43.5 Å². The van der Waals surface area contributed by atoms with Gasteiger partial charge in [-0.2, -0.15) is 5.10 Å². The normalized spacial score (nSPS) is 17.2. The quantitative estimate of drug-likeness (QED) is 0.0796. The van der Waals surface area contributed by atoms with E-state index in [1.165, 1.54) is 18.3 Å². The number of rotatable bonds is 13. The second-order valence-corrected chi connectivity index (χ2v) is 16.6. The lowest BCUT2D eigenvalue weighted by atomic mass is 9.89. The van der Waals surface area contributed by atoms with Gasteiger partial charge < -0.3 is 37.4 Å². The Morgan fingerprint density at radius 1 is 1.05 bits per heavy atom. The van der Waals surface area contributed by atoms with Crippen LogP contribution in [0.2, 0.25) is 0 Å². The highest BCUT2D eigenvalue weighted by Gasteiger charge is 2.52. The van der Waals surface area contributed by atoms with Crippen LogP contribution >= 0.6 is 11.3 Å². The topological polar surface area (TPSA) is 118 Å². The van der Waals surface area contributed by atoms with Crippen molar-refractivity contribution in [3.63, 3.8) is 0 Å². The molecule has 3 aliphatic rings. The summed E-state index contributed by atoms with van der Waals surface area (Å²) in [5.74, 6) is 1.27. The van der Waals surface area contributed by atoms with Gasteiger partial charge in [0.1, 0.15) is 22.1 Å². The molecule has 3 aliphatic heterocycles. The summed E-state index contributed by atoms with van der Waals surface area (Å²) in [6, 6.07) is 16.8. The minimum absolute atomic E-state index is 0.000181. The number of halogens is 2. The van der Waals surface area contributed by atoms with Crippen LogP contribution in [0, 0.1) is 6.92 Å². The number of aromatic nitrogens is 4. The molecule has 1 aromatic carbocycles. The molecule has 0 aliphatic carbocycles. The third-order valence-corrected chi connectivity index (χ3v) is 12.5. The lowest BCUT2D eigenvalue weighted by Crippen LogP contribution is -2.54. The van der Waals surface area contributed by atoms with Gasteiger partial charge in [-0.3, -0.25) is 19.1 Å². The van der Waals surface area contributed by atoms with E-state index in [4.69, 9.17) is 9.84 Å². The number of nitrogens with one attached hydrogen (secondary N) is 1. The van der Waals surface area contributed by atoms with E-state index in [1.807, 2.05) is 59.8 Å². The van der Waals surface area contributed by atoms with Crippen molar-refractivity contribution in [3.05, 3.63) is 111 Å². The number of aryl methyl sites for hydroxylation is 2. The molecular formula is C43H47BF2N8O4S. The van der Waals surface area contributed by atoms with Gasteiger partial charge in [0.05, 0.1) is 23.7 Å². The Morgan fingerprint density at radius 2 is 1.88 bits per heavy atom. The highest BCUT2D eigenvalue weighted by Crippen LogP contribution is 2.36. The smallest absolute Gasteiger partial charge is 0.494 e. The average molecular weight is 821 g/mol. The Kier molecular flexibility index (Phi) is 10.9. The molecule has 0 radical (unpaired) electrons. The van der Waals surface area contributed by atoms with E-state index in [0.29, 0.717) is 84.7 Å². The van der Waals surface area contributed by atoms with E-state index in [9.17, 15) is 14.4 Å². The Morgan fingerprint density at radius 3 is 2.64 bits per heavy atom. The van der Waals surface area contributed by atoms with Crippen molar-refractivity contribution in [1.29, 1.82) is 0 Å². The molecular weight excluding hydrogens is 773 g/mol. The summed E-state index contributed by atoms with van der Waals surface area (Å²) >= 11 is 1.45. The van der Waals surface area contributed by atoms with E-state index < -0.39 is 6.97 Å². The van der Waals surface area contributed by atoms with E-state index >= 15 is 8.63 Å². The monoisotopic (exact) mass is 820 g/mol. The van der Waals surface area contributed by atoms with E-state index in [2.05, 4.69) is 22.1 Å². The number of anilines is 1. The highest BCUT2D eigenvalue weighted by atomic mass is 32.1. The maximum atomic E-state index is 15.7. The van der Waals surface area contributed by atoms with E-state index in [-0.39, 0.29) is 36.5 Å². The average Bonchev–Trinajstić information content (AvgIpc) is 3.97. The van der Waals surface area contributed by atoms with Gasteiger partial charge in [0.2, 0.25) is 5.91 Å². The number of Topliss-reactive ketones (excluding diaryl/α,β-unsaturated/α-hetero) is 1. The molecule has 1 N–H and O–H groups in total. The van der Waals surface area contributed by atoms with Gasteiger partial charge >= 0.3 is 6.97 Å². The number of carbonyl (C=O) groups excluding carboxylic acids is 3. The molecule has 8 rings (SSSR count). The van der Waals surface area contributed by atoms with Gasteiger partial charge in [0, 0.05) is 86.1 Å². The van der Waals surface area contributed by atoms with Crippen LogP contribution < -0.4 is 15.0 Å². The second kappa shape index (κ2) is 16.0. The summed E-state index contributed by atoms with van der Waals surface area (Å²) in [4.78, 5) is 48.3. The summed E-state index contributed by atoms with van der Waals surface area (Å²) in [5.41, 5.74) is 5.16. The predicted octanol–water partition coefficient (Wildman–Crippen LogP) is 6.73. The Labute approximate surface area is 345 Å². The zero-order valence-corrected chi connectivity index (χ0v) is 34.7. The third-order valence-electron chi connectivity index (χ3n) is 11.3. The summed E-state index contributed by atoms with van der Waals surface area (Å²) in [6.45, 7) is 8.07. The van der Waals surface area contributed by atoms with Crippen LogP contribution in [-0.4, -0.2) is 97.7 Å². The molecule has 0 bridgehead atoms. The van der Waals surface area contributed by atoms with Gasteiger partial charge in [0.15, 0.2) is 11.5 Å². The molecule has 1 fully saturated rings. The van der Waals surface area contributed by atoms with Crippen molar-refractivity contribution in [3.8, 4) is 5.75 Å². The first kappa shape index (κ1) is 39.9. The highest BCUT2D eigenvalue weighted by molar-refractivity contribution is 7.20. The number of fused-ring (bicyclic) bond motifs is 3. The first-order valence-corrected chi connectivity index (χ1v) is 20.8. The molecule has 306 valence electrons. The standard InChI is InChI=1S/C43H47BF2N8O4S/c1-27-20-28(2)53-38(27)22-35-12-11-34(54(35)44(53,45)46)13-15-41(56)47-16-7-19-58-36-9-6-8-32(21-36)26-52-43-37(30(4)49-52)23-39(59-43)42(57)50-17-18-51(29(3)25-50)40-14-10-33(24-48-40)31(5)55/h6,8-12,14,20-24,29H,7,13,15-19,25-26H2,1-5H3,(H,47,56)/t29-/m1/s1. The fraction of sp³-hybridized carbons (Fsp3) is 0.349. The number of hydrogen-bond acceptors (Lipinski definition) is 8. The number of hydrogen-bond donors (Lipinski definition) is 1. The summed E-state index contributed by atoms with van der Waals surface area (Å²) in [6.07, 6.45) is 6.04. The molecule has 0 saturated carbocycles. The van der Waals surface area contributed by atoms with Crippen molar-refractivity contribution in [2.24, 2.45) is 0 Å². The van der Waals surface area contributed by atoms with E-state index in [0.717, 1.165) is 41.8 Å². The summed E-state index contributed by atoms with van der Waals surface area (Å²) in [5, 5.41) is 8.64. The van der Waals surface area contributed by atoms with Crippen LogP contribution in [0.25, 0.3) is 16.3 Å². The number of ketones is 1. The fourth-order valence-electron chi connectivity index (χ4n) is 8.35. The van der Waals surface area contributed by atoms with Crippen LogP contribution in [-0.2, 0) is 17.8 Å². The van der Waals surface area contributed by atoms with Crippen LogP contribution in [0.5, 0.6) is 5.75 Å². The molecule has 0 spiro atoms. The van der Waals surface area contributed by atoms with Crippen LogP contribution in [0.4, 0.5) is 14.4 Å². The van der Waals surface area contributed by atoms with Gasteiger partial charge in [-0.15, -0.1) is 11.3 Å². The molecule has 4 aromatic heterocycles. The zero-order valence-electron chi connectivity index (χ0n) is 33.9. The molecule has 59 heavy (non-hydrogen) atoms. The van der Waals surface area contributed by atoms with Gasteiger partial charge in [0.25, 0.3) is 5.91 Å². The lowest BCUT2D eigenvalue weighted by Gasteiger charge is -2.40. The summed E-state index contributed by atoms with van der Waals surface area (Å²) < 4.78 is 41.6. The number of pyridine rings is 1.